The SMILES string of the molecule is CCN1C(=O)C(CC)(CC)C(=O)N(CC)c2cc(OCCCNCc3ccnc(CCc4cccnc4)c3)ccc21.Cl.Cl.Cl. The van der Waals surface area contributed by atoms with E-state index in [1.165, 1.54) is 11.1 Å². The lowest BCUT2D eigenvalue weighted by atomic mass is 9.79. The minimum absolute atomic E-state index is 0. The average Bonchev–Trinajstić information content (AvgIpc) is 3.08. The summed E-state index contributed by atoms with van der Waals surface area (Å²) in [5, 5.41) is 3.49. The summed E-state index contributed by atoms with van der Waals surface area (Å²) in [5.74, 6) is 0.470. The van der Waals surface area contributed by atoms with Crippen LogP contribution in [0.1, 0.15) is 63.8 Å². The third kappa shape index (κ3) is 8.84. The summed E-state index contributed by atoms with van der Waals surface area (Å²) in [6, 6.07) is 14.0. The highest BCUT2D eigenvalue weighted by Gasteiger charge is 2.50. The minimum Gasteiger partial charge on any atom is -0.493 e. The van der Waals surface area contributed by atoms with Crippen LogP contribution in [0.25, 0.3) is 0 Å². The van der Waals surface area contributed by atoms with Gasteiger partial charge in [-0.3, -0.25) is 19.6 Å². The molecule has 0 saturated heterocycles. The van der Waals surface area contributed by atoms with Gasteiger partial charge >= 0.3 is 0 Å². The van der Waals surface area contributed by atoms with Gasteiger partial charge in [-0.15, -0.1) is 37.2 Å². The molecule has 0 aliphatic carbocycles. The highest BCUT2D eigenvalue weighted by molar-refractivity contribution is 6.20. The van der Waals surface area contributed by atoms with Crippen molar-refractivity contribution in [3.05, 3.63) is 77.9 Å². The molecule has 1 N–H and O–H groups in total. The Morgan fingerprint density at radius 3 is 2.16 bits per heavy atom. The number of anilines is 2. The summed E-state index contributed by atoms with van der Waals surface area (Å²) in [7, 11) is 0. The Bertz CT molecular complexity index is 1330. The van der Waals surface area contributed by atoms with Gasteiger partial charge in [0.05, 0.1) is 18.0 Å². The minimum atomic E-state index is -1.04. The van der Waals surface area contributed by atoms with Crippen LogP contribution in [-0.2, 0) is 29.0 Å². The van der Waals surface area contributed by atoms with Gasteiger partial charge in [0.15, 0.2) is 0 Å². The Hall–Kier alpha value is -2.91. The van der Waals surface area contributed by atoms with E-state index in [0.29, 0.717) is 38.3 Å². The monoisotopic (exact) mass is 665 g/mol. The van der Waals surface area contributed by atoms with Crippen LogP contribution < -0.4 is 19.9 Å². The van der Waals surface area contributed by atoms with Gasteiger partial charge in [0.25, 0.3) is 0 Å². The van der Waals surface area contributed by atoms with E-state index in [2.05, 4.69) is 27.4 Å². The van der Waals surface area contributed by atoms with Crippen molar-refractivity contribution in [3.8, 4) is 5.75 Å². The standard InChI is InChI=1S/C33H43N5O3.3ClH/c1-5-33(6-2)31(39)37(7-3)29-15-14-28(22-30(29)38(8-4)32(33)40)41-20-10-18-35-24-26-16-19-36-27(21-26)13-12-25-11-9-17-34-23-25;;;/h9,11,14-17,19,21-23,35H,5-8,10,12-13,18,20,24H2,1-4H3;3*1H. The number of nitrogens with one attached hydrogen (secondary N) is 1. The third-order valence-electron chi connectivity index (χ3n) is 8.05. The van der Waals surface area contributed by atoms with Crippen molar-refractivity contribution in [3.63, 3.8) is 0 Å². The molecule has 1 aromatic carbocycles. The van der Waals surface area contributed by atoms with Crippen molar-refractivity contribution in [2.75, 3.05) is 36.0 Å². The van der Waals surface area contributed by atoms with Crippen molar-refractivity contribution in [2.45, 2.75) is 66.3 Å². The van der Waals surface area contributed by atoms with Crippen molar-refractivity contribution in [2.24, 2.45) is 5.41 Å². The van der Waals surface area contributed by atoms with E-state index in [1.807, 2.05) is 70.4 Å². The number of benzene rings is 1. The van der Waals surface area contributed by atoms with Crippen molar-refractivity contribution in [1.29, 1.82) is 0 Å². The number of rotatable bonds is 14. The van der Waals surface area contributed by atoms with E-state index >= 15 is 0 Å². The zero-order chi connectivity index (χ0) is 29.2. The highest BCUT2D eigenvalue weighted by atomic mass is 35.5. The summed E-state index contributed by atoms with van der Waals surface area (Å²) < 4.78 is 6.09. The molecule has 44 heavy (non-hydrogen) atoms. The number of pyridine rings is 2. The van der Waals surface area contributed by atoms with E-state index in [9.17, 15) is 9.59 Å². The zero-order valence-corrected chi connectivity index (χ0v) is 28.5. The normalized spacial score (nSPS) is 13.6. The van der Waals surface area contributed by atoms with E-state index in [1.54, 1.807) is 16.0 Å². The number of hydrogen-bond donors (Lipinski definition) is 1. The molecule has 0 atom stereocenters. The van der Waals surface area contributed by atoms with Crippen LogP contribution in [0.5, 0.6) is 5.75 Å². The molecule has 2 amide bonds. The maximum absolute atomic E-state index is 13.7. The molecule has 2 aromatic heterocycles. The number of hydrogen-bond acceptors (Lipinski definition) is 6. The number of ether oxygens (including phenoxy) is 1. The molecule has 3 heterocycles. The summed E-state index contributed by atoms with van der Waals surface area (Å²) >= 11 is 0. The fourth-order valence-electron chi connectivity index (χ4n) is 5.56. The van der Waals surface area contributed by atoms with Gasteiger partial charge in [-0.1, -0.05) is 19.9 Å². The van der Waals surface area contributed by atoms with E-state index < -0.39 is 5.41 Å². The molecular formula is C33H46Cl3N5O3. The molecule has 1 aliphatic rings. The first-order valence-corrected chi connectivity index (χ1v) is 14.9. The second kappa shape index (κ2) is 18.8. The predicted molar refractivity (Wildman–Crippen MR) is 185 cm³/mol. The Labute approximate surface area is 280 Å². The first kappa shape index (κ1) is 39.1. The van der Waals surface area contributed by atoms with Gasteiger partial charge in [-0.05, 0) is 94.0 Å². The lowest BCUT2D eigenvalue weighted by molar-refractivity contribution is -0.140. The average molecular weight is 667 g/mol. The number of nitrogens with zero attached hydrogens (tertiary/aromatic N) is 4. The van der Waals surface area contributed by atoms with Gasteiger partial charge in [0.1, 0.15) is 11.2 Å². The Kier molecular flexibility index (Phi) is 16.7. The molecule has 0 unspecified atom stereocenters. The van der Waals surface area contributed by atoms with E-state index in [-0.39, 0.29) is 49.0 Å². The van der Waals surface area contributed by atoms with Crippen LogP contribution >= 0.6 is 37.2 Å². The predicted octanol–water partition coefficient (Wildman–Crippen LogP) is 6.61. The summed E-state index contributed by atoms with van der Waals surface area (Å²) in [5.41, 5.74) is 3.98. The maximum atomic E-state index is 13.7. The van der Waals surface area contributed by atoms with Crippen LogP contribution in [-0.4, -0.2) is 48.0 Å². The topological polar surface area (TPSA) is 87.7 Å². The number of fused-ring (bicyclic) bond motifs is 1. The fraction of sp³-hybridized carbons (Fsp3) is 0.455. The number of aromatic nitrogens is 2. The molecule has 242 valence electrons. The summed E-state index contributed by atoms with van der Waals surface area (Å²) in [6.45, 7) is 10.9. The number of amides is 2. The highest BCUT2D eigenvalue weighted by Crippen LogP contribution is 2.43. The van der Waals surface area contributed by atoms with Crippen molar-refractivity contribution in [1.82, 2.24) is 15.3 Å². The van der Waals surface area contributed by atoms with E-state index in [4.69, 9.17) is 4.74 Å². The molecule has 11 heteroatoms. The van der Waals surface area contributed by atoms with Crippen molar-refractivity contribution >= 4 is 60.4 Å². The van der Waals surface area contributed by atoms with Gasteiger partial charge < -0.3 is 19.9 Å². The Morgan fingerprint density at radius 2 is 1.52 bits per heavy atom. The van der Waals surface area contributed by atoms with Gasteiger partial charge in [-0.2, -0.15) is 0 Å². The molecule has 8 nitrogen and oxygen atoms in total. The first-order chi connectivity index (χ1) is 20.0. The fourth-order valence-corrected chi connectivity index (χ4v) is 5.56. The number of carbonyl (C=O) groups excluding carboxylic acids is 2. The quantitative estimate of drug-likeness (QED) is 0.154. The molecule has 0 bridgehead atoms. The molecule has 0 spiro atoms. The smallest absolute Gasteiger partial charge is 0.242 e. The molecular weight excluding hydrogens is 621 g/mol. The van der Waals surface area contributed by atoms with Crippen LogP contribution in [0.4, 0.5) is 11.4 Å². The summed E-state index contributed by atoms with van der Waals surface area (Å²) in [4.78, 5) is 39.5. The molecule has 0 fully saturated rings. The largest absolute Gasteiger partial charge is 0.493 e. The first-order valence-electron chi connectivity index (χ1n) is 14.9. The second-order valence-corrected chi connectivity index (χ2v) is 10.4. The van der Waals surface area contributed by atoms with Gasteiger partial charge in [0, 0.05) is 50.0 Å². The van der Waals surface area contributed by atoms with Crippen LogP contribution in [0.2, 0.25) is 0 Å². The van der Waals surface area contributed by atoms with Crippen LogP contribution in [0.3, 0.4) is 0 Å². The lowest BCUT2D eigenvalue weighted by Crippen LogP contribution is -2.51. The maximum Gasteiger partial charge on any atom is 0.242 e. The molecule has 3 aromatic rings. The zero-order valence-electron chi connectivity index (χ0n) is 26.1. The number of carbonyl (C=O) groups is 2. The van der Waals surface area contributed by atoms with Crippen LogP contribution in [0.15, 0.2) is 61.1 Å². The molecule has 0 radical (unpaired) electrons. The van der Waals surface area contributed by atoms with Gasteiger partial charge in [0.2, 0.25) is 11.8 Å². The van der Waals surface area contributed by atoms with Crippen LogP contribution in [0, 0.1) is 5.41 Å². The molecule has 4 rings (SSSR count). The van der Waals surface area contributed by atoms with Gasteiger partial charge in [-0.25, -0.2) is 0 Å². The summed E-state index contributed by atoms with van der Waals surface area (Å²) in [6.07, 6.45) is 9.17. The van der Waals surface area contributed by atoms with E-state index in [0.717, 1.165) is 49.4 Å². The number of aryl methyl sites for hydroxylation is 2. The Morgan fingerprint density at radius 1 is 0.818 bits per heavy atom. The number of halogens is 3. The van der Waals surface area contributed by atoms with Crippen molar-refractivity contribution < 1.29 is 14.3 Å². The molecule has 0 saturated carbocycles. The Balaban J connectivity index is 0.00000323. The third-order valence-corrected chi connectivity index (χ3v) is 8.05. The molecule has 1 aliphatic heterocycles. The second-order valence-electron chi connectivity index (χ2n) is 10.4. The lowest BCUT2D eigenvalue weighted by Gasteiger charge is -2.33.